The van der Waals surface area contributed by atoms with E-state index in [1.165, 1.54) is 26.3 Å². The Labute approximate surface area is 366 Å². The van der Waals surface area contributed by atoms with Gasteiger partial charge in [0.1, 0.15) is 16.2 Å². The van der Waals surface area contributed by atoms with Crippen LogP contribution in [-0.2, 0) is 13.1 Å². The standard InChI is InChI=1S/C45H48N8O7S2/c1-6-52-48-40(47-49-52)24-51-35-23-39(32-20-29(57-3)11-12-36(32)58-4)62-42(35)44(55)53(45(51)56)28-13-16-50(17-14-28)43(54)27-10-8-9-26(19-27)41-31-22-37(59-5)38(60-7-2)21-30(31)33-25-61-18-15-34(33)46-41/h8-12,19-23,28,33-34H,6-7,13-18,24-25H2,1-5H3/t33-,34-/m1/s1. The first-order chi connectivity index (χ1) is 30.2. The van der Waals surface area contributed by atoms with Gasteiger partial charge in [-0.05, 0) is 98.2 Å². The molecule has 3 aliphatic heterocycles. The molecule has 0 unspecified atom stereocenters. The summed E-state index contributed by atoms with van der Waals surface area (Å²) in [6.07, 6.45) is 1.81. The van der Waals surface area contributed by atoms with E-state index < -0.39 is 11.7 Å². The number of benzene rings is 3. The SMILES string of the molecule is CCOc1cc2c(cc1OC)C(c1cccc(C(=O)N3CCC(n4c(=O)c5sc(-c6cc(OC)ccc6OC)cc5n(Cc5nnn(CC)n5)c4=O)CC3)c1)=N[C@@H]1CCSC[C@H]21. The number of carbonyl (C=O) groups is 1. The highest BCUT2D eigenvalue weighted by Gasteiger charge is 2.36. The van der Waals surface area contributed by atoms with Crippen molar-refractivity contribution >= 4 is 44.9 Å². The number of hydrogen-bond acceptors (Lipinski definition) is 13. The third-order valence-electron chi connectivity index (χ3n) is 12.0. The number of piperidine rings is 1. The van der Waals surface area contributed by atoms with E-state index >= 15 is 0 Å². The number of aryl methyl sites for hydroxylation is 1. The van der Waals surface area contributed by atoms with Gasteiger partial charge in [-0.1, -0.05) is 12.1 Å². The Hall–Kier alpha value is -5.94. The smallest absolute Gasteiger partial charge is 0.332 e. The molecule has 6 heterocycles. The number of tetrazole rings is 1. The van der Waals surface area contributed by atoms with Crippen molar-refractivity contribution in [2.45, 2.75) is 64.2 Å². The van der Waals surface area contributed by atoms with E-state index in [9.17, 15) is 14.4 Å². The number of likely N-dealkylation sites (tertiary alicyclic amines) is 1. The molecule has 2 saturated heterocycles. The molecule has 2 fully saturated rings. The minimum Gasteiger partial charge on any atom is -0.497 e. The second-order valence-corrected chi connectivity index (χ2v) is 17.7. The minimum absolute atomic E-state index is 0.0191. The molecule has 3 aliphatic rings. The van der Waals surface area contributed by atoms with Crippen LogP contribution in [0.1, 0.15) is 77.9 Å². The van der Waals surface area contributed by atoms with E-state index in [1.807, 2.05) is 79.0 Å². The molecule has 0 N–H and O–H groups in total. The van der Waals surface area contributed by atoms with Crippen LogP contribution in [0.15, 0.2) is 75.2 Å². The van der Waals surface area contributed by atoms with Crippen molar-refractivity contribution in [3.05, 3.63) is 110 Å². The summed E-state index contributed by atoms with van der Waals surface area (Å²) in [5.41, 5.74) is 4.83. The predicted molar refractivity (Wildman–Crippen MR) is 240 cm³/mol. The summed E-state index contributed by atoms with van der Waals surface area (Å²) >= 11 is 3.24. The molecule has 3 aromatic carbocycles. The summed E-state index contributed by atoms with van der Waals surface area (Å²) in [6, 6.07) is 18.8. The average molecular weight is 877 g/mol. The predicted octanol–water partition coefficient (Wildman–Crippen LogP) is 6.29. The zero-order valence-electron chi connectivity index (χ0n) is 35.3. The van der Waals surface area contributed by atoms with Gasteiger partial charge in [-0.25, -0.2) is 4.79 Å². The minimum atomic E-state index is -0.466. The van der Waals surface area contributed by atoms with Crippen molar-refractivity contribution in [3.8, 4) is 33.4 Å². The number of thiophene rings is 1. The highest BCUT2D eigenvalue weighted by Crippen LogP contribution is 2.44. The number of methoxy groups -OCH3 is 3. The summed E-state index contributed by atoms with van der Waals surface area (Å²) < 4.78 is 26.3. The second kappa shape index (κ2) is 17.4. The Balaban J connectivity index is 1.01. The van der Waals surface area contributed by atoms with E-state index in [1.54, 1.807) is 32.0 Å². The molecule has 3 aromatic heterocycles. The van der Waals surface area contributed by atoms with Crippen LogP contribution in [0.25, 0.3) is 20.7 Å². The van der Waals surface area contributed by atoms with Crippen molar-refractivity contribution in [3.63, 3.8) is 0 Å². The van der Waals surface area contributed by atoms with Gasteiger partial charge in [0.05, 0.1) is 58.3 Å². The summed E-state index contributed by atoms with van der Waals surface area (Å²) in [5.74, 6) is 5.16. The maximum atomic E-state index is 14.5. The third kappa shape index (κ3) is 7.54. The van der Waals surface area contributed by atoms with Crippen molar-refractivity contribution in [2.75, 3.05) is 52.5 Å². The third-order valence-corrected chi connectivity index (χ3v) is 14.3. The fraction of sp³-hybridized carbons (Fsp3) is 0.400. The Morgan fingerprint density at radius 1 is 0.887 bits per heavy atom. The molecular weight excluding hydrogens is 829 g/mol. The summed E-state index contributed by atoms with van der Waals surface area (Å²) in [4.78, 5) is 52.6. The molecule has 322 valence electrons. The number of fused-ring (bicyclic) bond motifs is 4. The number of hydrogen-bond donors (Lipinski definition) is 0. The number of carbonyl (C=O) groups excluding carboxylic acids is 1. The molecule has 1 amide bonds. The van der Waals surface area contributed by atoms with Gasteiger partial charge in [0.2, 0.25) is 0 Å². The molecule has 9 rings (SSSR count). The quantitative estimate of drug-likeness (QED) is 0.136. The molecule has 62 heavy (non-hydrogen) atoms. The lowest BCUT2D eigenvalue weighted by Crippen LogP contribution is -2.47. The second-order valence-electron chi connectivity index (χ2n) is 15.5. The van der Waals surface area contributed by atoms with Crippen LogP contribution in [0.3, 0.4) is 0 Å². The van der Waals surface area contributed by atoms with E-state index in [2.05, 4.69) is 21.5 Å². The first-order valence-corrected chi connectivity index (χ1v) is 22.9. The van der Waals surface area contributed by atoms with Gasteiger partial charge in [0, 0.05) is 57.9 Å². The monoisotopic (exact) mass is 876 g/mol. The van der Waals surface area contributed by atoms with Crippen LogP contribution in [0.4, 0.5) is 0 Å². The number of ether oxygens (including phenoxy) is 4. The van der Waals surface area contributed by atoms with Gasteiger partial charge in [-0.15, -0.1) is 21.5 Å². The molecule has 0 bridgehead atoms. The molecule has 0 saturated carbocycles. The molecular formula is C45H48N8O7S2. The van der Waals surface area contributed by atoms with E-state index in [0.29, 0.717) is 77.9 Å². The van der Waals surface area contributed by atoms with E-state index in [0.717, 1.165) is 51.0 Å². The van der Waals surface area contributed by atoms with Gasteiger partial charge >= 0.3 is 5.69 Å². The Morgan fingerprint density at radius 3 is 2.45 bits per heavy atom. The van der Waals surface area contributed by atoms with Crippen LogP contribution >= 0.6 is 23.1 Å². The van der Waals surface area contributed by atoms with Crippen LogP contribution in [-0.4, -0.2) is 104 Å². The lowest BCUT2D eigenvalue weighted by molar-refractivity contribution is 0.0691. The largest absolute Gasteiger partial charge is 0.497 e. The first-order valence-electron chi connectivity index (χ1n) is 20.9. The maximum absolute atomic E-state index is 14.5. The molecule has 15 nitrogen and oxygen atoms in total. The fourth-order valence-corrected chi connectivity index (χ4v) is 11.2. The summed E-state index contributed by atoms with van der Waals surface area (Å²) in [5, 5.41) is 12.7. The summed E-state index contributed by atoms with van der Waals surface area (Å²) in [7, 11) is 4.82. The number of aromatic nitrogens is 6. The highest BCUT2D eigenvalue weighted by molar-refractivity contribution is 7.99. The number of rotatable bonds is 12. The zero-order chi connectivity index (χ0) is 43.1. The molecule has 2 atom stereocenters. The Bertz CT molecular complexity index is 2820. The van der Waals surface area contributed by atoms with Gasteiger partial charge in [-0.3, -0.25) is 23.7 Å². The lowest BCUT2D eigenvalue weighted by atomic mass is 9.81. The number of thioether (sulfide) groups is 1. The van der Waals surface area contributed by atoms with Crippen LogP contribution in [0.2, 0.25) is 0 Å². The van der Waals surface area contributed by atoms with Gasteiger partial charge in [0.15, 0.2) is 17.3 Å². The lowest BCUT2D eigenvalue weighted by Gasteiger charge is -2.35. The molecule has 17 heteroatoms. The average Bonchev–Trinajstić information content (AvgIpc) is 3.98. The zero-order valence-corrected chi connectivity index (χ0v) is 37.0. The van der Waals surface area contributed by atoms with Crippen LogP contribution in [0, 0.1) is 0 Å². The topological polar surface area (TPSA) is 157 Å². The molecule has 6 aromatic rings. The first kappa shape index (κ1) is 41.4. The number of amides is 1. The Kier molecular flexibility index (Phi) is 11.6. The highest BCUT2D eigenvalue weighted by atomic mass is 32.2. The van der Waals surface area contributed by atoms with Crippen molar-refractivity contribution in [1.29, 1.82) is 0 Å². The van der Waals surface area contributed by atoms with Crippen molar-refractivity contribution in [1.82, 2.24) is 34.2 Å². The van der Waals surface area contributed by atoms with Crippen molar-refractivity contribution < 1.29 is 23.7 Å². The number of aliphatic imine (C=N–C) groups is 1. The van der Waals surface area contributed by atoms with Crippen LogP contribution < -0.4 is 30.2 Å². The van der Waals surface area contributed by atoms with E-state index in [-0.39, 0.29) is 30.0 Å². The summed E-state index contributed by atoms with van der Waals surface area (Å²) in [6.45, 7) is 5.67. The van der Waals surface area contributed by atoms with Crippen molar-refractivity contribution in [2.24, 2.45) is 4.99 Å². The van der Waals surface area contributed by atoms with Crippen LogP contribution in [0.5, 0.6) is 23.0 Å². The van der Waals surface area contributed by atoms with Gasteiger partial charge < -0.3 is 23.8 Å². The van der Waals surface area contributed by atoms with Gasteiger partial charge in [-0.2, -0.15) is 16.6 Å². The fourth-order valence-electron chi connectivity index (χ4n) is 8.86. The molecule has 0 aliphatic carbocycles. The Morgan fingerprint density at radius 2 is 1.71 bits per heavy atom. The normalized spacial score (nSPS) is 17.6. The molecule has 0 radical (unpaired) electrons. The number of nitrogens with zero attached hydrogens (tertiary/aromatic N) is 8. The van der Waals surface area contributed by atoms with E-state index in [4.69, 9.17) is 23.9 Å². The van der Waals surface area contributed by atoms with Gasteiger partial charge in [0.25, 0.3) is 11.5 Å². The maximum Gasteiger partial charge on any atom is 0.332 e. The molecule has 0 spiro atoms.